The zero-order valence-corrected chi connectivity index (χ0v) is 15.6. The number of hydrogen-bond donors (Lipinski definition) is 1. The lowest BCUT2D eigenvalue weighted by molar-refractivity contribution is 0.256. The Kier molecular flexibility index (Phi) is 3.52. The lowest BCUT2D eigenvalue weighted by Gasteiger charge is -2.26. The maximum atomic E-state index is 13.8. The van der Waals surface area contributed by atoms with Crippen molar-refractivity contribution in [1.82, 2.24) is 29.1 Å². The number of ether oxygens (including phenoxy) is 1. The molecule has 30 heavy (non-hydrogen) atoms. The number of benzene rings is 2. The van der Waals surface area contributed by atoms with Crippen molar-refractivity contribution in [2.75, 3.05) is 6.61 Å². The van der Waals surface area contributed by atoms with Gasteiger partial charge in [-0.3, -0.25) is 9.13 Å². The van der Waals surface area contributed by atoms with Gasteiger partial charge >= 0.3 is 5.69 Å². The van der Waals surface area contributed by atoms with Crippen molar-refractivity contribution in [3.8, 4) is 11.7 Å². The number of imidazole rings is 2. The fourth-order valence-electron chi connectivity index (χ4n) is 4.04. The smallest absolute Gasteiger partial charge is 0.328 e. The van der Waals surface area contributed by atoms with Crippen molar-refractivity contribution in [2.45, 2.75) is 12.5 Å². The summed E-state index contributed by atoms with van der Waals surface area (Å²) >= 11 is 0. The van der Waals surface area contributed by atoms with Gasteiger partial charge in [0, 0.05) is 18.1 Å². The number of nitrogens with one attached hydrogen (secondary N) is 1. The molecule has 2 aromatic carbocycles. The van der Waals surface area contributed by atoms with Crippen LogP contribution in [0.5, 0.6) is 5.75 Å². The third-order valence-electron chi connectivity index (χ3n) is 5.41. The first-order valence-corrected chi connectivity index (χ1v) is 9.51. The van der Waals surface area contributed by atoms with E-state index in [0.29, 0.717) is 41.2 Å². The van der Waals surface area contributed by atoms with E-state index >= 15 is 0 Å². The minimum absolute atomic E-state index is 0.212. The highest BCUT2D eigenvalue weighted by Gasteiger charge is 2.26. The number of H-pyrrole nitrogens is 1. The highest BCUT2D eigenvalue weighted by molar-refractivity contribution is 5.77. The van der Waals surface area contributed by atoms with Gasteiger partial charge in [0.2, 0.25) is 5.95 Å². The molecule has 0 saturated heterocycles. The number of nitrogens with zero attached hydrogens (tertiary/aromatic N) is 5. The second-order valence-electron chi connectivity index (χ2n) is 7.15. The number of hydrogen-bond acceptors (Lipinski definition) is 5. The summed E-state index contributed by atoms with van der Waals surface area (Å²) in [6.45, 7) is 0.504. The van der Waals surface area contributed by atoms with Crippen LogP contribution in [0.4, 0.5) is 4.39 Å². The Morgan fingerprint density at radius 3 is 3.00 bits per heavy atom. The van der Waals surface area contributed by atoms with Crippen molar-refractivity contribution in [1.29, 1.82) is 0 Å². The monoisotopic (exact) mass is 402 g/mol. The van der Waals surface area contributed by atoms with E-state index in [-0.39, 0.29) is 17.5 Å². The number of aromatic nitrogens is 6. The summed E-state index contributed by atoms with van der Waals surface area (Å²) < 4.78 is 22.8. The molecule has 148 valence electrons. The minimum Gasteiger partial charge on any atom is -0.493 e. The average molecular weight is 402 g/mol. The Morgan fingerprint density at radius 2 is 2.07 bits per heavy atom. The molecule has 6 rings (SSSR count). The second-order valence-corrected chi connectivity index (χ2v) is 7.15. The fraction of sp³-hybridized carbons (Fsp3) is 0.143. The van der Waals surface area contributed by atoms with Crippen LogP contribution in [0, 0.1) is 5.82 Å². The van der Waals surface area contributed by atoms with E-state index in [4.69, 9.17) is 4.74 Å². The van der Waals surface area contributed by atoms with E-state index in [1.807, 2.05) is 24.3 Å². The molecular formula is C21H15FN6O2. The molecule has 1 unspecified atom stereocenters. The van der Waals surface area contributed by atoms with Crippen molar-refractivity contribution in [2.24, 2.45) is 0 Å². The quantitative estimate of drug-likeness (QED) is 0.490. The molecule has 0 radical (unpaired) electrons. The van der Waals surface area contributed by atoms with Crippen LogP contribution in [0.25, 0.3) is 28.1 Å². The van der Waals surface area contributed by atoms with Crippen LogP contribution < -0.4 is 10.4 Å². The van der Waals surface area contributed by atoms with Gasteiger partial charge in [-0.05, 0) is 18.2 Å². The standard InChI is InChI=1S/C21H15FN6O2/c22-12-5-6-14-17(9-12)27(11-24-14)20-23-10-15-19(26-20)28(21(29)25-15)16-7-8-30-18-4-2-1-3-13(16)18/h1-6,9-11,16H,7-8H2,(H,25,29). The predicted molar refractivity (Wildman–Crippen MR) is 107 cm³/mol. The molecule has 5 aromatic rings. The highest BCUT2D eigenvalue weighted by Crippen LogP contribution is 2.34. The van der Waals surface area contributed by atoms with Gasteiger partial charge < -0.3 is 9.72 Å². The number of rotatable bonds is 2. The average Bonchev–Trinajstić information content (AvgIpc) is 3.32. The lowest BCUT2D eigenvalue weighted by atomic mass is 10.0. The zero-order valence-electron chi connectivity index (χ0n) is 15.6. The van der Waals surface area contributed by atoms with Gasteiger partial charge in [0.15, 0.2) is 5.65 Å². The van der Waals surface area contributed by atoms with Gasteiger partial charge in [0.1, 0.15) is 23.4 Å². The van der Waals surface area contributed by atoms with E-state index in [1.165, 1.54) is 12.1 Å². The molecule has 8 nitrogen and oxygen atoms in total. The Hall–Kier alpha value is -4.01. The summed E-state index contributed by atoms with van der Waals surface area (Å²) in [6, 6.07) is 11.8. The molecule has 1 aliphatic heterocycles. The molecule has 0 amide bonds. The molecule has 1 aliphatic rings. The molecule has 0 fully saturated rings. The third kappa shape index (κ3) is 2.45. The lowest BCUT2D eigenvalue weighted by Crippen LogP contribution is -2.28. The van der Waals surface area contributed by atoms with Crippen molar-refractivity contribution < 1.29 is 9.13 Å². The summed E-state index contributed by atoms with van der Waals surface area (Å²) in [7, 11) is 0. The molecule has 0 spiro atoms. The predicted octanol–water partition coefficient (Wildman–Crippen LogP) is 2.97. The van der Waals surface area contributed by atoms with Crippen LogP contribution in [0.1, 0.15) is 18.0 Å². The van der Waals surface area contributed by atoms with Crippen LogP contribution in [-0.2, 0) is 0 Å². The number of halogens is 1. The largest absolute Gasteiger partial charge is 0.493 e. The van der Waals surface area contributed by atoms with Crippen LogP contribution >= 0.6 is 0 Å². The number of fused-ring (bicyclic) bond motifs is 3. The maximum absolute atomic E-state index is 13.8. The van der Waals surface area contributed by atoms with E-state index in [9.17, 15) is 9.18 Å². The Balaban J connectivity index is 1.56. The Morgan fingerprint density at radius 1 is 1.17 bits per heavy atom. The summed E-state index contributed by atoms with van der Waals surface area (Å²) in [5, 5.41) is 0. The SMILES string of the molecule is O=c1[nH]c2cnc(-n3cnc4ccc(F)cc43)nc2n1C1CCOc2ccccc21. The molecule has 0 bridgehead atoms. The van der Waals surface area contributed by atoms with Crippen LogP contribution in [-0.4, -0.2) is 35.7 Å². The van der Waals surface area contributed by atoms with Gasteiger partial charge in [0.25, 0.3) is 0 Å². The van der Waals surface area contributed by atoms with E-state index in [0.717, 1.165) is 11.3 Å². The first-order valence-electron chi connectivity index (χ1n) is 9.51. The first kappa shape index (κ1) is 16.9. The molecule has 1 N–H and O–H groups in total. The fourth-order valence-corrected chi connectivity index (χ4v) is 4.04. The second kappa shape index (κ2) is 6.24. The Labute approximate surface area is 168 Å². The molecular weight excluding hydrogens is 387 g/mol. The zero-order chi connectivity index (χ0) is 20.2. The van der Waals surface area contributed by atoms with Gasteiger partial charge in [-0.1, -0.05) is 18.2 Å². The van der Waals surface area contributed by atoms with Crippen LogP contribution in [0.2, 0.25) is 0 Å². The molecule has 1 atom stereocenters. The van der Waals surface area contributed by atoms with Crippen molar-refractivity contribution in [3.05, 3.63) is 76.9 Å². The highest BCUT2D eigenvalue weighted by atomic mass is 19.1. The van der Waals surface area contributed by atoms with E-state index in [1.54, 1.807) is 27.7 Å². The summed E-state index contributed by atoms with van der Waals surface area (Å²) in [5.74, 6) is 0.701. The van der Waals surface area contributed by atoms with Crippen molar-refractivity contribution >= 4 is 22.2 Å². The third-order valence-corrected chi connectivity index (χ3v) is 5.41. The topological polar surface area (TPSA) is 90.6 Å². The normalized spacial score (nSPS) is 16.0. The molecule has 9 heteroatoms. The van der Waals surface area contributed by atoms with Gasteiger partial charge in [-0.15, -0.1) is 0 Å². The summed E-state index contributed by atoms with van der Waals surface area (Å²) in [6.07, 6.45) is 3.75. The molecule has 4 heterocycles. The summed E-state index contributed by atoms with van der Waals surface area (Å²) in [4.78, 5) is 29.0. The maximum Gasteiger partial charge on any atom is 0.328 e. The summed E-state index contributed by atoms with van der Waals surface area (Å²) in [5.41, 5.74) is 2.86. The molecule has 0 saturated carbocycles. The molecule has 3 aromatic heterocycles. The first-order chi connectivity index (χ1) is 14.7. The van der Waals surface area contributed by atoms with Gasteiger partial charge in [-0.25, -0.2) is 19.2 Å². The number of aromatic amines is 1. The molecule has 0 aliphatic carbocycles. The minimum atomic E-state index is -0.373. The van der Waals surface area contributed by atoms with E-state index in [2.05, 4.69) is 19.9 Å². The van der Waals surface area contributed by atoms with E-state index < -0.39 is 0 Å². The van der Waals surface area contributed by atoms with Gasteiger partial charge in [0.05, 0.1) is 29.9 Å². The van der Waals surface area contributed by atoms with Crippen LogP contribution in [0.3, 0.4) is 0 Å². The number of para-hydroxylation sites is 1. The van der Waals surface area contributed by atoms with Gasteiger partial charge in [-0.2, -0.15) is 4.98 Å². The van der Waals surface area contributed by atoms with Crippen molar-refractivity contribution in [3.63, 3.8) is 0 Å². The Bertz CT molecular complexity index is 1480. The van der Waals surface area contributed by atoms with Crippen LogP contribution in [0.15, 0.2) is 59.8 Å².